The van der Waals surface area contributed by atoms with Gasteiger partial charge in [0, 0.05) is 5.69 Å². The topological polar surface area (TPSA) is 42.0 Å². The summed E-state index contributed by atoms with van der Waals surface area (Å²) in [5.74, 6) is -0.481. The number of benzene rings is 1. The number of pyridine rings is 1. The van der Waals surface area contributed by atoms with Crippen LogP contribution >= 0.6 is 46.4 Å². The lowest BCUT2D eigenvalue weighted by molar-refractivity contribution is 0.102. The lowest BCUT2D eigenvalue weighted by Crippen LogP contribution is -2.14. The van der Waals surface area contributed by atoms with Crippen LogP contribution < -0.4 is 5.32 Å². The number of hydrogen-bond donors (Lipinski definition) is 1. The molecular weight excluding hydrogens is 330 g/mol. The molecule has 1 amide bonds. The van der Waals surface area contributed by atoms with E-state index < -0.39 is 5.91 Å². The van der Waals surface area contributed by atoms with Crippen LogP contribution in [0.4, 0.5) is 5.69 Å². The molecule has 0 radical (unpaired) electrons. The van der Waals surface area contributed by atoms with Crippen LogP contribution in [0.2, 0.25) is 20.2 Å². The van der Waals surface area contributed by atoms with Crippen molar-refractivity contribution in [2.75, 3.05) is 5.32 Å². The summed E-state index contributed by atoms with van der Waals surface area (Å²) >= 11 is 23.2. The number of carbonyl (C=O) groups is 1. The van der Waals surface area contributed by atoms with Crippen molar-refractivity contribution in [2.24, 2.45) is 0 Å². The highest BCUT2D eigenvalue weighted by atomic mass is 35.5. The largest absolute Gasteiger partial charge is 0.321 e. The Morgan fingerprint density at radius 1 is 0.947 bits per heavy atom. The van der Waals surface area contributed by atoms with E-state index in [0.29, 0.717) is 15.7 Å². The van der Waals surface area contributed by atoms with E-state index in [2.05, 4.69) is 10.3 Å². The third kappa shape index (κ3) is 3.51. The summed E-state index contributed by atoms with van der Waals surface area (Å²) < 4.78 is 0. The van der Waals surface area contributed by atoms with Crippen molar-refractivity contribution in [3.8, 4) is 0 Å². The first-order valence-corrected chi connectivity index (χ1v) is 6.57. The van der Waals surface area contributed by atoms with Crippen LogP contribution in [-0.2, 0) is 0 Å². The van der Waals surface area contributed by atoms with Gasteiger partial charge in [-0.05, 0) is 30.3 Å². The predicted molar refractivity (Wildman–Crippen MR) is 78.7 cm³/mol. The van der Waals surface area contributed by atoms with Crippen LogP contribution in [0.1, 0.15) is 10.5 Å². The molecular formula is C12H6Cl4N2O. The number of carbonyl (C=O) groups excluding carboxylic acids is 1. The lowest BCUT2D eigenvalue weighted by Gasteiger charge is -2.07. The van der Waals surface area contributed by atoms with Crippen LogP contribution in [0.5, 0.6) is 0 Å². The molecule has 0 spiro atoms. The fourth-order valence-corrected chi connectivity index (χ4v) is 1.98. The van der Waals surface area contributed by atoms with Crippen molar-refractivity contribution in [2.45, 2.75) is 0 Å². The molecule has 0 aliphatic heterocycles. The summed E-state index contributed by atoms with van der Waals surface area (Å²) in [7, 11) is 0. The van der Waals surface area contributed by atoms with Crippen molar-refractivity contribution < 1.29 is 4.79 Å². The Labute approximate surface area is 129 Å². The van der Waals surface area contributed by atoms with Gasteiger partial charge in [-0.15, -0.1) is 0 Å². The number of rotatable bonds is 2. The first kappa shape index (κ1) is 14.4. The van der Waals surface area contributed by atoms with Gasteiger partial charge in [-0.1, -0.05) is 46.4 Å². The summed E-state index contributed by atoms with van der Waals surface area (Å²) in [4.78, 5) is 15.9. The molecule has 1 heterocycles. The van der Waals surface area contributed by atoms with Crippen LogP contribution in [0.25, 0.3) is 0 Å². The lowest BCUT2D eigenvalue weighted by atomic mass is 10.3. The number of hydrogen-bond acceptors (Lipinski definition) is 2. The predicted octanol–water partition coefficient (Wildman–Crippen LogP) is 4.95. The highest BCUT2D eigenvalue weighted by molar-refractivity contribution is 6.42. The first-order valence-electron chi connectivity index (χ1n) is 5.06. The summed E-state index contributed by atoms with van der Waals surface area (Å²) in [6, 6.07) is 7.72. The Balaban J connectivity index is 2.25. The van der Waals surface area contributed by atoms with Crippen LogP contribution in [0, 0.1) is 0 Å². The fraction of sp³-hybridized carbons (Fsp3) is 0. The molecule has 2 rings (SSSR count). The second-order valence-corrected chi connectivity index (χ2v) is 5.16. The number of amides is 1. The van der Waals surface area contributed by atoms with E-state index in [0.717, 1.165) is 0 Å². The van der Waals surface area contributed by atoms with Gasteiger partial charge in [-0.25, -0.2) is 4.98 Å². The zero-order valence-electron chi connectivity index (χ0n) is 9.25. The van der Waals surface area contributed by atoms with Gasteiger partial charge in [0.1, 0.15) is 10.8 Å². The number of halogens is 4. The van der Waals surface area contributed by atoms with Crippen molar-refractivity contribution >= 4 is 58.0 Å². The summed E-state index contributed by atoms with van der Waals surface area (Å²) in [5, 5.41) is 3.74. The Morgan fingerprint density at radius 2 is 1.63 bits per heavy atom. The molecule has 0 saturated heterocycles. The molecule has 3 nitrogen and oxygen atoms in total. The second-order valence-electron chi connectivity index (χ2n) is 3.55. The van der Waals surface area contributed by atoms with E-state index in [4.69, 9.17) is 46.4 Å². The Bertz CT molecular complexity index is 646. The highest BCUT2D eigenvalue weighted by Gasteiger charge is 2.13. The average Bonchev–Trinajstić information content (AvgIpc) is 2.36. The Morgan fingerprint density at radius 3 is 2.32 bits per heavy atom. The van der Waals surface area contributed by atoms with E-state index in [9.17, 15) is 4.79 Å². The van der Waals surface area contributed by atoms with Gasteiger partial charge in [0.05, 0.1) is 15.1 Å². The zero-order chi connectivity index (χ0) is 14.0. The number of aromatic nitrogens is 1. The van der Waals surface area contributed by atoms with Crippen LogP contribution in [0.15, 0.2) is 30.3 Å². The number of nitrogens with one attached hydrogen (secondary N) is 1. The third-order valence-electron chi connectivity index (χ3n) is 2.20. The standard InChI is InChI=1S/C12H6Cl4N2O/c13-7-2-1-6(5-9(7)15)17-12(19)11-8(14)3-4-10(16)18-11/h1-5H,(H,17,19). The van der Waals surface area contributed by atoms with E-state index in [-0.39, 0.29) is 15.9 Å². The Hall–Kier alpha value is -1.000. The van der Waals surface area contributed by atoms with Gasteiger partial charge in [0.25, 0.3) is 5.91 Å². The zero-order valence-corrected chi connectivity index (χ0v) is 12.3. The van der Waals surface area contributed by atoms with E-state index in [1.807, 2.05) is 0 Å². The molecule has 19 heavy (non-hydrogen) atoms. The van der Waals surface area contributed by atoms with Crippen molar-refractivity contribution in [1.82, 2.24) is 4.98 Å². The molecule has 1 aromatic heterocycles. The number of anilines is 1. The fourth-order valence-electron chi connectivity index (χ4n) is 1.34. The van der Waals surface area contributed by atoms with E-state index >= 15 is 0 Å². The van der Waals surface area contributed by atoms with Crippen LogP contribution in [0.3, 0.4) is 0 Å². The molecule has 0 saturated carbocycles. The molecule has 0 aliphatic carbocycles. The van der Waals surface area contributed by atoms with E-state index in [1.54, 1.807) is 12.1 Å². The van der Waals surface area contributed by atoms with Gasteiger partial charge in [-0.2, -0.15) is 0 Å². The smallest absolute Gasteiger partial charge is 0.275 e. The highest BCUT2D eigenvalue weighted by Crippen LogP contribution is 2.25. The maximum atomic E-state index is 12.0. The van der Waals surface area contributed by atoms with Crippen molar-refractivity contribution in [3.63, 3.8) is 0 Å². The van der Waals surface area contributed by atoms with Gasteiger partial charge >= 0.3 is 0 Å². The number of nitrogens with zero attached hydrogens (tertiary/aromatic N) is 1. The molecule has 0 aliphatic rings. The van der Waals surface area contributed by atoms with Gasteiger partial charge in [0.2, 0.25) is 0 Å². The first-order chi connectivity index (χ1) is 8.97. The molecule has 1 N–H and O–H groups in total. The quantitative estimate of drug-likeness (QED) is 0.789. The second kappa shape index (κ2) is 5.97. The minimum absolute atomic E-state index is 0.0419. The van der Waals surface area contributed by atoms with Gasteiger partial charge in [-0.3, -0.25) is 4.79 Å². The average molecular weight is 336 g/mol. The molecule has 0 bridgehead atoms. The van der Waals surface area contributed by atoms with Crippen LogP contribution in [-0.4, -0.2) is 10.9 Å². The summed E-state index contributed by atoms with van der Waals surface area (Å²) in [5.41, 5.74) is 0.525. The van der Waals surface area contributed by atoms with Gasteiger partial charge < -0.3 is 5.32 Å². The minimum Gasteiger partial charge on any atom is -0.321 e. The maximum absolute atomic E-state index is 12.0. The summed E-state index contributed by atoms with van der Waals surface area (Å²) in [6.07, 6.45) is 0. The Kier molecular flexibility index (Phi) is 4.53. The molecule has 0 fully saturated rings. The molecule has 1 aromatic carbocycles. The normalized spacial score (nSPS) is 10.3. The minimum atomic E-state index is -0.481. The van der Waals surface area contributed by atoms with Crippen molar-refractivity contribution in [3.05, 3.63) is 56.2 Å². The summed E-state index contributed by atoms with van der Waals surface area (Å²) in [6.45, 7) is 0. The van der Waals surface area contributed by atoms with Crippen molar-refractivity contribution in [1.29, 1.82) is 0 Å². The molecule has 0 unspecified atom stereocenters. The third-order valence-corrected chi connectivity index (χ3v) is 3.46. The molecule has 0 atom stereocenters. The molecule has 7 heteroatoms. The molecule has 2 aromatic rings. The SMILES string of the molecule is O=C(Nc1ccc(Cl)c(Cl)c1)c1nc(Cl)ccc1Cl. The monoisotopic (exact) mass is 334 g/mol. The van der Waals surface area contributed by atoms with E-state index in [1.165, 1.54) is 18.2 Å². The maximum Gasteiger partial charge on any atom is 0.275 e. The molecule has 98 valence electrons. The van der Waals surface area contributed by atoms with Gasteiger partial charge in [0.15, 0.2) is 0 Å².